The summed E-state index contributed by atoms with van der Waals surface area (Å²) in [7, 11) is 0. The number of aliphatic carboxylic acids is 1. The van der Waals surface area contributed by atoms with Gasteiger partial charge in [0, 0.05) is 6.54 Å². The first-order valence-corrected chi connectivity index (χ1v) is 6.55. The molecule has 2 atom stereocenters. The van der Waals surface area contributed by atoms with Crippen molar-refractivity contribution in [1.82, 2.24) is 5.32 Å². The van der Waals surface area contributed by atoms with Crippen molar-refractivity contribution in [3.63, 3.8) is 0 Å². The average molecular weight is 231 g/mol. The molecule has 0 saturated heterocycles. The number of carbonyl (C=O) groups excluding carboxylic acids is 1. The maximum atomic E-state index is 11.5. The zero-order valence-electron chi connectivity index (χ0n) is 8.86. The number of nitrogens with one attached hydrogen (secondary N) is 1. The minimum Gasteiger partial charge on any atom is -0.481 e. The molecule has 1 aliphatic carbocycles. The lowest BCUT2D eigenvalue weighted by molar-refractivity contribution is -0.152. The maximum absolute atomic E-state index is 11.5. The normalized spacial score (nSPS) is 24.3. The molecule has 0 spiro atoms. The van der Waals surface area contributed by atoms with E-state index in [4.69, 9.17) is 5.11 Å². The molecule has 2 N–H and O–H groups in total. The molecule has 0 aromatic heterocycles. The Hall–Kier alpha value is -0.710. The zero-order valence-corrected chi connectivity index (χ0v) is 9.68. The fraction of sp³-hybridized carbons (Fsp3) is 0.800. The summed E-state index contributed by atoms with van der Waals surface area (Å²) < 4.78 is 0. The van der Waals surface area contributed by atoms with E-state index in [1.807, 2.05) is 6.26 Å². The highest BCUT2D eigenvalue weighted by atomic mass is 32.2. The molecular formula is C10H17NO3S. The van der Waals surface area contributed by atoms with Crippen LogP contribution in [0.4, 0.5) is 0 Å². The Morgan fingerprint density at radius 2 is 2.07 bits per heavy atom. The molecular weight excluding hydrogens is 214 g/mol. The van der Waals surface area contributed by atoms with Crippen LogP contribution >= 0.6 is 11.8 Å². The largest absolute Gasteiger partial charge is 0.481 e. The van der Waals surface area contributed by atoms with E-state index in [0.717, 1.165) is 12.2 Å². The van der Waals surface area contributed by atoms with Gasteiger partial charge in [0.15, 0.2) is 0 Å². The monoisotopic (exact) mass is 231 g/mol. The van der Waals surface area contributed by atoms with E-state index in [2.05, 4.69) is 5.32 Å². The van der Waals surface area contributed by atoms with E-state index in [0.29, 0.717) is 19.4 Å². The Morgan fingerprint density at radius 1 is 1.40 bits per heavy atom. The minimum atomic E-state index is -0.842. The van der Waals surface area contributed by atoms with Crippen molar-refractivity contribution < 1.29 is 14.7 Å². The zero-order chi connectivity index (χ0) is 11.3. The summed E-state index contributed by atoms with van der Waals surface area (Å²) in [5.74, 6) is -0.657. The van der Waals surface area contributed by atoms with Gasteiger partial charge in [0.2, 0.25) is 5.91 Å². The average Bonchev–Trinajstić information content (AvgIpc) is 2.09. The van der Waals surface area contributed by atoms with Crippen molar-refractivity contribution in [3.8, 4) is 0 Å². The van der Waals surface area contributed by atoms with Crippen LogP contribution in [-0.4, -0.2) is 35.5 Å². The summed E-state index contributed by atoms with van der Waals surface area (Å²) in [6.07, 6.45) is 4.31. The van der Waals surface area contributed by atoms with Gasteiger partial charge in [-0.3, -0.25) is 9.59 Å². The summed E-state index contributed by atoms with van der Waals surface area (Å²) in [5, 5.41) is 11.6. The van der Waals surface area contributed by atoms with Gasteiger partial charge in [0.25, 0.3) is 0 Å². The van der Waals surface area contributed by atoms with Gasteiger partial charge in [-0.2, -0.15) is 11.8 Å². The molecule has 0 aromatic rings. The lowest BCUT2D eigenvalue weighted by Crippen LogP contribution is -2.44. The third-order valence-electron chi connectivity index (χ3n) is 2.75. The van der Waals surface area contributed by atoms with E-state index in [9.17, 15) is 9.59 Å². The predicted molar refractivity (Wildman–Crippen MR) is 59.9 cm³/mol. The maximum Gasteiger partial charge on any atom is 0.307 e. The molecule has 2 unspecified atom stereocenters. The van der Waals surface area contributed by atoms with Crippen LogP contribution in [-0.2, 0) is 9.59 Å². The third-order valence-corrected chi connectivity index (χ3v) is 3.45. The highest BCUT2D eigenvalue weighted by Gasteiger charge is 2.41. The summed E-state index contributed by atoms with van der Waals surface area (Å²) in [5.41, 5.74) is 0. The van der Waals surface area contributed by atoms with Crippen LogP contribution in [0.25, 0.3) is 0 Å². The number of carboxylic acids is 1. The first kappa shape index (κ1) is 12.4. The Balaban J connectivity index is 2.20. The Morgan fingerprint density at radius 3 is 2.53 bits per heavy atom. The van der Waals surface area contributed by atoms with Gasteiger partial charge in [0.1, 0.15) is 0 Å². The van der Waals surface area contributed by atoms with Crippen LogP contribution in [0.2, 0.25) is 0 Å². The van der Waals surface area contributed by atoms with Crippen LogP contribution in [0.3, 0.4) is 0 Å². The minimum absolute atomic E-state index is 0.0882. The van der Waals surface area contributed by atoms with Crippen molar-refractivity contribution in [3.05, 3.63) is 0 Å². The number of carbonyl (C=O) groups is 2. The lowest BCUT2D eigenvalue weighted by Gasteiger charge is -2.31. The molecule has 0 radical (unpaired) electrons. The molecule has 0 heterocycles. The second kappa shape index (κ2) is 6.00. The van der Waals surface area contributed by atoms with Crippen molar-refractivity contribution in [2.45, 2.75) is 19.3 Å². The molecule has 0 bridgehead atoms. The topological polar surface area (TPSA) is 66.4 Å². The fourth-order valence-electron chi connectivity index (χ4n) is 1.67. The molecule has 15 heavy (non-hydrogen) atoms. The van der Waals surface area contributed by atoms with Gasteiger partial charge in [0.05, 0.1) is 11.8 Å². The van der Waals surface area contributed by atoms with Crippen LogP contribution in [0.15, 0.2) is 0 Å². The lowest BCUT2D eigenvalue weighted by atomic mass is 9.73. The highest BCUT2D eigenvalue weighted by molar-refractivity contribution is 7.98. The Labute approximate surface area is 93.8 Å². The van der Waals surface area contributed by atoms with Gasteiger partial charge < -0.3 is 10.4 Å². The van der Waals surface area contributed by atoms with E-state index < -0.39 is 11.9 Å². The molecule has 4 nitrogen and oxygen atoms in total. The number of rotatable bonds is 6. The second-order valence-electron chi connectivity index (χ2n) is 3.77. The highest BCUT2D eigenvalue weighted by Crippen LogP contribution is 2.34. The molecule has 5 heteroatoms. The fourth-order valence-corrected chi connectivity index (χ4v) is 2.10. The van der Waals surface area contributed by atoms with Crippen molar-refractivity contribution in [2.24, 2.45) is 11.8 Å². The van der Waals surface area contributed by atoms with Gasteiger partial charge in [-0.05, 0) is 31.3 Å². The molecule has 0 aromatic carbocycles. The van der Waals surface area contributed by atoms with Crippen LogP contribution in [0, 0.1) is 11.8 Å². The number of amides is 1. The number of hydrogen-bond acceptors (Lipinski definition) is 3. The van der Waals surface area contributed by atoms with Crippen molar-refractivity contribution >= 4 is 23.6 Å². The van der Waals surface area contributed by atoms with Crippen LogP contribution in [0.5, 0.6) is 0 Å². The summed E-state index contributed by atoms with van der Waals surface area (Å²) in [6, 6.07) is 0. The number of hydrogen-bond donors (Lipinski definition) is 2. The summed E-state index contributed by atoms with van der Waals surface area (Å²) in [4.78, 5) is 22.2. The predicted octanol–water partition coefficient (Wildman–Crippen LogP) is 0.966. The molecule has 86 valence electrons. The first-order chi connectivity index (χ1) is 7.16. The van der Waals surface area contributed by atoms with E-state index in [-0.39, 0.29) is 11.8 Å². The SMILES string of the molecule is CSCCCNC(=O)C1CCC1C(=O)O. The standard InChI is InChI=1S/C10H17NO3S/c1-15-6-2-5-11-9(12)7-3-4-8(7)10(13)14/h7-8H,2-6H2,1H3,(H,11,12)(H,13,14). The molecule has 1 fully saturated rings. The summed E-state index contributed by atoms with van der Waals surface area (Å²) >= 11 is 1.74. The van der Waals surface area contributed by atoms with Crippen molar-refractivity contribution in [1.29, 1.82) is 0 Å². The smallest absolute Gasteiger partial charge is 0.307 e. The molecule has 1 aliphatic rings. The third kappa shape index (κ3) is 3.41. The molecule has 0 aliphatic heterocycles. The van der Waals surface area contributed by atoms with Gasteiger partial charge in [-0.15, -0.1) is 0 Å². The van der Waals surface area contributed by atoms with E-state index in [1.54, 1.807) is 11.8 Å². The van der Waals surface area contributed by atoms with E-state index >= 15 is 0 Å². The van der Waals surface area contributed by atoms with Gasteiger partial charge in [-0.1, -0.05) is 0 Å². The quantitative estimate of drug-likeness (QED) is 0.668. The molecule has 1 amide bonds. The van der Waals surface area contributed by atoms with Gasteiger partial charge >= 0.3 is 5.97 Å². The van der Waals surface area contributed by atoms with Crippen LogP contribution in [0.1, 0.15) is 19.3 Å². The summed E-state index contributed by atoms with van der Waals surface area (Å²) in [6.45, 7) is 0.655. The van der Waals surface area contributed by atoms with E-state index in [1.165, 1.54) is 0 Å². The number of carboxylic acid groups (broad SMARTS) is 1. The van der Waals surface area contributed by atoms with Gasteiger partial charge in [-0.25, -0.2) is 0 Å². The molecule has 1 saturated carbocycles. The Bertz CT molecular complexity index is 245. The Kier molecular flexibility index (Phi) is 4.94. The first-order valence-electron chi connectivity index (χ1n) is 5.16. The number of thioether (sulfide) groups is 1. The van der Waals surface area contributed by atoms with Crippen LogP contribution < -0.4 is 5.32 Å². The van der Waals surface area contributed by atoms with Crippen molar-refractivity contribution in [2.75, 3.05) is 18.6 Å². The molecule has 1 rings (SSSR count). The second-order valence-corrected chi connectivity index (χ2v) is 4.75.